The topological polar surface area (TPSA) is 51.0 Å². The fraction of sp³-hybridized carbons (Fsp3) is 0.273. The fourth-order valence-electron chi connectivity index (χ4n) is 1.50. The number of benzene rings is 1. The van der Waals surface area contributed by atoms with E-state index in [9.17, 15) is 0 Å². The first-order valence-corrected chi connectivity index (χ1v) is 5.45. The summed E-state index contributed by atoms with van der Waals surface area (Å²) in [6.07, 6.45) is 2.23. The maximum Gasteiger partial charge on any atom is 0.235 e. The lowest BCUT2D eigenvalue weighted by Crippen LogP contribution is -2.03. The van der Waals surface area contributed by atoms with E-state index in [0.717, 1.165) is 12.1 Å². The molecule has 0 aliphatic carbocycles. The van der Waals surface area contributed by atoms with Crippen molar-refractivity contribution in [1.82, 2.24) is 10.2 Å². The van der Waals surface area contributed by atoms with Crippen LogP contribution in [0.25, 0.3) is 0 Å². The second-order valence-corrected chi connectivity index (χ2v) is 3.72. The molecule has 0 aliphatic rings. The summed E-state index contributed by atoms with van der Waals surface area (Å²) in [5, 5.41) is 11.3. The summed E-state index contributed by atoms with van der Waals surface area (Å²) in [6, 6.07) is 5.85. The number of aryl methyl sites for hydroxylation is 1. The lowest BCUT2D eigenvalue weighted by Gasteiger charge is -2.10. The number of anilines is 1. The molecule has 0 saturated carbocycles. The molecule has 0 aliphatic heterocycles. The smallest absolute Gasteiger partial charge is 0.235 e. The standard InChI is InChI=1S/C11H12ClN3O/c1-2-8-4-3-5-9(12)11(8)13-6-10-15-14-7-16-10/h3-5,7,13H,2,6H2,1H3. The van der Waals surface area contributed by atoms with Gasteiger partial charge >= 0.3 is 0 Å². The van der Waals surface area contributed by atoms with Crippen molar-refractivity contribution in [3.8, 4) is 0 Å². The molecule has 16 heavy (non-hydrogen) atoms. The second-order valence-electron chi connectivity index (χ2n) is 3.31. The summed E-state index contributed by atoms with van der Waals surface area (Å²) in [5.41, 5.74) is 2.11. The quantitative estimate of drug-likeness (QED) is 0.888. The molecule has 2 rings (SSSR count). The van der Waals surface area contributed by atoms with Crippen LogP contribution in [0, 0.1) is 0 Å². The molecule has 0 unspecified atom stereocenters. The molecule has 1 N–H and O–H groups in total. The molecule has 0 atom stereocenters. The zero-order valence-electron chi connectivity index (χ0n) is 8.90. The number of nitrogens with zero attached hydrogens (tertiary/aromatic N) is 2. The van der Waals surface area contributed by atoms with E-state index in [2.05, 4.69) is 22.4 Å². The second kappa shape index (κ2) is 4.99. The zero-order chi connectivity index (χ0) is 11.4. The van der Waals surface area contributed by atoms with Gasteiger partial charge in [-0.2, -0.15) is 0 Å². The highest BCUT2D eigenvalue weighted by Gasteiger charge is 2.06. The molecule has 1 heterocycles. The van der Waals surface area contributed by atoms with Crippen molar-refractivity contribution in [2.75, 3.05) is 5.32 Å². The molecule has 0 fully saturated rings. The van der Waals surface area contributed by atoms with Crippen LogP contribution in [-0.2, 0) is 13.0 Å². The SMILES string of the molecule is CCc1cccc(Cl)c1NCc1nnco1. The molecule has 4 nitrogen and oxygen atoms in total. The van der Waals surface area contributed by atoms with Crippen LogP contribution in [0.5, 0.6) is 0 Å². The van der Waals surface area contributed by atoms with Crippen LogP contribution in [0.3, 0.4) is 0 Å². The minimum atomic E-state index is 0.483. The molecule has 2 aromatic rings. The molecule has 84 valence electrons. The number of aromatic nitrogens is 2. The minimum Gasteiger partial charge on any atom is -0.426 e. The van der Waals surface area contributed by atoms with Crippen molar-refractivity contribution >= 4 is 17.3 Å². The summed E-state index contributed by atoms with van der Waals surface area (Å²) in [6.45, 7) is 2.57. The van der Waals surface area contributed by atoms with E-state index in [-0.39, 0.29) is 0 Å². The summed E-state index contributed by atoms with van der Waals surface area (Å²) in [4.78, 5) is 0. The van der Waals surface area contributed by atoms with Crippen molar-refractivity contribution in [2.45, 2.75) is 19.9 Å². The summed E-state index contributed by atoms with van der Waals surface area (Å²) in [7, 11) is 0. The number of rotatable bonds is 4. The predicted octanol–water partition coefficient (Wildman–Crippen LogP) is 2.90. The Balaban J connectivity index is 2.14. The average Bonchev–Trinajstić information content (AvgIpc) is 2.80. The Morgan fingerprint density at radius 1 is 1.44 bits per heavy atom. The average molecular weight is 238 g/mol. The van der Waals surface area contributed by atoms with E-state index in [1.54, 1.807) is 0 Å². The van der Waals surface area contributed by atoms with Gasteiger partial charge in [0.25, 0.3) is 0 Å². The number of halogens is 1. The number of para-hydroxylation sites is 1. The Hall–Kier alpha value is -1.55. The molecular formula is C11H12ClN3O. The third-order valence-corrected chi connectivity index (χ3v) is 2.62. The van der Waals surface area contributed by atoms with Crippen LogP contribution >= 0.6 is 11.6 Å². The number of nitrogens with one attached hydrogen (secondary N) is 1. The van der Waals surface area contributed by atoms with Gasteiger partial charge in [0, 0.05) is 0 Å². The monoisotopic (exact) mass is 237 g/mol. The third kappa shape index (κ3) is 2.33. The highest BCUT2D eigenvalue weighted by Crippen LogP contribution is 2.26. The molecular weight excluding hydrogens is 226 g/mol. The number of hydrogen-bond donors (Lipinski definition) is 1. The van der Waals surface area contributed by atoms with Gasteiger partial charge < -0.3 is 9.73 Å². The normalized spacial score (nSPS) is 10.4. The zero-order valence-corrected chi connectivity index (χ0v) is 9.66. The van der Waals surface area contributed by atoms with E-state index < -0.39 is 0 Å². The Morgan fingerprint density at radius 2 is 2.31 bits per heavy atom. The summed E-state index contributed by atoms with van der Waals surface area (Å²) < 4.78 is 5.04. The molecule has 5 heteroatoms. The molecule has 1 aromatic heterocycles. The van der Waals surface area contributed by atoms with Crippen LogP contribution in [0.2, 0.25) is 5.02 Å². The molecule has 0 radical (unpaired) electrons. The first kappa shape index (κ1) is 11.0. The van der Waals surface area contributed by atoms with Crippen LogP contribution in [0.1, 0.15) is 18.4 Å². The van der Waals surface area contributed by atoms with E-state index in [4.69, 9.17) is 16.0 Å². The van der Waals surface area contributed by atoms with Crippen molar-refractivity contribution < 1.29 is 4.42 Å². The molecule has 0 amide bonds. The van der Waals surface area contributed by atoms with Gasteiger partial charge in [-0.3, -0.25) is 0 Å². The molecule has 0 bridgehead atoms. The van der Waals surface area contributed by atoms with Gasteiger partial charge in [-0.15, -0.1) is 10.2 Å². The van der Waals surface area contributed by atoms with Crippen LogP contribution < -0.4 is 5.32 Å². The van der Waals surface area contributed by atoms with Crippen molar-refractivity contribution in [3.63, 3.8) is 0 Å². The van der Waals surface area contributed by atoms with Gasteiger partial charge in [0.2, 0.25) is 12.3 Å². The Kier molecular flexibility index (Phi) is 3.41. The van der Waals surface area contributed by atoms with Crippen LogP contribution in [0.15, 0.2) is 29.0 Å². The maximum absolute atomic E-state index is 6.12. The molecule has 0 spiro atoms. The minimum absolute atomic E-state index is 0.483. The fourth-order valence-corrected chi connectivity index (χ4v) is 1.76. The Morgan fingerprint density at radius 3 is 3.00 bits per heavy atom. The lowest BCUT2D eigenvalue weighted by atomic mass is 10.1. The van der Waals surface area contributed by atoms with Crippen LogP contribution in [0.4, 0.5) is 5.69 Å². The van der Waals surface area contributed by atoms with Crippen molar-refractivity contribution in [3.05, 3.63) is 41.1 Å². The maximum atomic E-state index is 6.12. The van der Waals surface area contributed by atoms with Crippen LogP contribution in [-0.4, -0.2) is 10.2 Å². The van der Waals surface area contributed by atoms with Gasteiger partial charge in [-0.25, -0.2) is 0 Å². The third-order valence-electron chi connectivity index (χ3n) is 2.30. The van der Waals surface area contributed by atoms with Crippen molar-refractivity contribution in [1.29, 1.82) is 0 Å². The van der Waals surface area contributed by atoms with Crippen molar-refractivity contribution in [2.24, 2.45) is 0 Å². The van der Waals surface area contributed by atoms with E-state index in [1.807, 2.05) is 18.2 Å². The summed E-state index contributed by atoms with van der Waals surface area (Å²) >= 11 is 6.12. The largest absolute Gasteiger partial charge is 0.426 e. The number of hydrogen-bond acceptors (Lipinski definition) is 4. The Bertz CT molecular complexity index is 456. The first-order chi connectivity index (χ1) is 7.81. The predicted molar refractivity (Wildman–Crippen MR) is 62.5 cm³/mol. The highest BCUT2D eigenvalue weighted by molar-refractivity contribution is 6.33. The van der Waals surface area contributed by atoms with E-state index in [0.29, 0.717) is 17.5 Å². The van der Waals surface area contributed by atoms with Gasteiger partial charge in [0.15, 0.2) is 0 Å². The van der Waals surface area contributed by atoms with Gasteiger partial charge in [0.05, 0.1) is 17.3 Å². The Labute approximate surface area is 98.6 Å². The van der Waals surface area contributed by atoms with Gasteiger partial charge in [0.1, 0.15) is 0 Å². The first-order valence-electron chi connectivity index (χ1n) is 5.07. The highest BCUT2D eigenvalue weighted by atomic mass is 35.5. The molecule has 1 aromatic carbocycles. The van der Waals surface area contributed by atoms with E-state index in [1.165, 1.54) is 12.0 Å². The lowest BCUT2D eigenvalue weighted by molar-refractivity contribution is 0.502. The van der Waals surface area contributed by atoms with E-state index >= 15 is 0 Å². The molecule has 0 saturated heterocycles. The van der Waals surface area contributed by atoms with Gasteiger partial charge in [-0.1, -0.05) is 30.7 Å². The van der Waals surface area contributed by atoms with Gasteiger partial charge in [-0.05, 0) is 18.1 Å². The summed E-state index contributed by atoms with van der Waals surface area (Å²) in [5.74, 6) is 0.543.